The SMILES string of the molecule is Cc1cccc(C2C3C=CC(C3)C2CC(=O)O)c1. The molecule has 1 aromatic carbocycles. The molecule has 0 amide bonds. The molecule has 0 heterocycles. The van der Waals surface area contributed by atoms with Crippen molar-refractivity contribution in [2.75, 3.05) is 0 Å². The number of carboxylic acid groups (broad SMARTS) is 1. The predicted molar refractivity (Wildman–Crippen MR) is 70.4 cm³/mol. The van der Waals surface area contributed by atoms with Gasteiger partial charge >= 0.3 is 5.97 Å². The first-order valence-electron chi connectivity index (χ1n) is 6.62. The third kappa shape index (κ3) is 1.86. The Balaban J connectivity index is 1.94. The van der Waals surface area contributed by atoms with E-state index in [0.29, 0.717) is 24.2 Å². The molecule has 18 heavy (non-hydrogen) atoms. The van der Waals surface area contributed by atoms with E-state index in [-0.39, 0.29) is 5.92 Å². The van der Waals surface area contributed by atoms with Gasteiger partial charge in [-0.2, -0.15) is 0 Å². The number of hydrogen-bond donors (Lipinski definition) is 1. The largest absolute Gasteiger partial charge is 0.481 e. The second kappa shape index (κ2) is 4.27. The average molecular weight is 242 g/mol. The zero-order chi connectivity index (χ0) is 12.7. The van der Waals surface area contributed by atoms with Crippen LogP contribution < -0.4 is 0 Å². The van der Waals surface area contributed by atoms with Gasteiger partial charge in [-0.25, -0.2) is 0 Å². The zero-order valence-electron chi connectivity index (χ0n) is 10.5. The minimum atomic E-state index is -0.668. The van der Waals surface area contributed by atoms with Crippen LogP contribution in [0.5, 0.6) is 0 Å². The summed E-state index contributed by atoms with van der Waals surface area (Å²) in [5, 5.41) is 9.10. The molecule has 4 unspecified atom stereocenters. The topological polar surface area (TPSA) is 37.3 Å². The number of hydrogen-bond acceptors (Lipinski definition) is 1. The van der Waals surface area contributed by atoms with Crippen molar-refractivity contribution in [2.24, 2.45) is 17.8 Å². The molecular formula is C16H18O2. The van der Waals surface area contributed by atoms with Crippen molar-refractivity contribution in [1.29, 1.82) is 0 Å². The number of rotatable bonds is 3. The van der Waals surface area contributed by atoms with Gasteiger partial charge in [0.1, 0.15) is 0 Å². The highest BCUT2D eigenvalue weighted by Gasteiger charge is 2.45. The Kier molecular flexibility index (Phi) is 2.73. The molecule has 0 saturated heterocycles. The fourth-order valence-electron chi connectivity index (χ4n) is 3.78. The molecule has 1 aromatic rings. The average Bonchev–Trinajstić information content (AvgIpc) is 2.88. The highest BCUT2D eigenvalue weighted by molar-refractivity contribution is 5.67. The summed E-state index contributed by atoms with van der Waals surface area (Å²) in [5.41, 5.74) is 2.58. The second-order valence-electron chi connectivity index (χ2n) is 5.65. The van der Waals surface area contributed by atoms with Gasteiger partial charge in [-0.15, -0.1) is 0 Å². The first-order chi connectivity index (χ1) is 8.65. The lowest BCUT2D eigenvalue weighted by Gasteiger charge is -2.27. The monoisotopic (exact) mass is 242 g/mol. The molecule has 1 N–H and O–H groups in total. The Morgan fingerprint density at radius 3 is 2.83 bits per heavy atom. The molecule has 2 aliphatic carbocycles. The molecule has 0 spiro atoms. The number of carbonyl (C=O) groups is 1. The normalized spacial score (nSPS) is 32.9. The summed E-state index contributed by atoms with van der Waals surface area (Å²) in [5.74, 6) is 1.02. The van der Waals surface area contributed by atoms with Crippen LogP contribution in [-0.4, -0.2) is 11.1 Å². The van der Waals surface area contributed by atoms with Crippen LogP contribution in [0.2, 0.25) is 0 Å². The van der Waals surface area contributed by atoms with Gasteiger partial charge in [0.05, 0.1) is 0 Å². The molecule has 3 rings (SSSR count). The van der Waals surface area contributed by atoms with Crippen LogP contribution in [0.25, 0.3) is 0 Å². The van der Waals surface area contributed by atoms with Crippen LogP contribution >= 0.6 is 0 Å². The van der Waals surface area contributed by atoms with Crippen LogP contribution in [0.1, 0.15) is 29.9 Å². The molecule has 4 atom stereocenters. The summed E-state index contributed by atoms with van der Waals surface area (Å²) in [7, 11) is 0. The lowest BCUT2D eigenvalue weighted by Crippen LogP contribution is -2.21. The predicted octanol–water partition coefficient (Wildman–Crippen LogP) is 3.38. The second-order valence-corrected chi connectivity index (χ2v) is 5.65. The fraction of sp³-hybridized carbons (Fsp3) is 0.438. The highest BCUT2D eigenvalue weighted by Crippen LogP contribution is 2.54. The number of carboxylic acids is 1. The van der Waals surface area contributed by atoms with Crippen LogP contribution in [0, 0.1) is 24.7 Å². The van der Waals surface area contributed by atoms with Crippen molar-refractivity contribution >= 4 is 5.97 Å². The Labute approximate surface area is 107 Å². The molecule has 2 heteroatoms. The maximum Gasteiger partial charge on any atom is 0.303 e. The Bertz CT molecular complexity index is 504. The van der Waals surface area contributed by atoms with Crippen molar-refractivity contribution in [3.8, 4) is 0 Å². The first-order valence-corrected chi connectivity index (χ1v) is 6.62. The van der Waals surface area contributed by atoms with E-state index in [4.69, 9.17) is 5.11 Å². The standard InChI is InChI=1S/C16H18O2/c1-10-3-2-4-12(7-10)16-13-6-5-11(8-13)14(16)9-15(17)18/h2-7,11,13-14,16H,8-9H2,1H3,(H,17,18). The Morgan fingerprint density at radius 1 is 1.33 bits per heavy atom. The summed E-state index contributed by atoms with van der Waals surface area (Å²) in [4.78, 5) is 11.1. The van der Waals surface area contributed by atoms with Gasteiger partial charge in [0, 0.05) is 6.42 Å². The van der Waals surface area contributed by atoms with E-state index in [0.717, 1.165) is 6.42 Å². The van der Waals surface area contributed by atoms with Gasteiger partial charge in [-0.3, -0.25) is 4.79 Å². The summed E-state index contributed by atoms with van der Waals surface area (Å²) < 4.78 is 0. The molecule has 0 aliphatic heterocycles. The minimum Gasteiger partial charge on any atom is -0.481 e. The van der Waals surface area contributed by atoms with E-state index in [2.05, 4.69) is 43.3 Å². The summed E-state index contributed by atoms with van der Waals surface area (Å²) in [6.07, 6.45) is 5.95. The number of aryl methyl sites for hydroxylation is 1. The smallest absolute Gasteiger partial charge is 0.303 e. The molecule has 2 bridgehead atoms. The van der Waals surface area contributed by atoms with Crippen LogP contribution in [-0.2, 0) is 4.79 Å². The highest BCUT2D eigenvalue weighted by atomic mass is 16.4. The van der Waals surface area contributed by atoms with Gasteiger partial charge < -0.3 is 5.11 Å². The number of aliphatic carboxylic acids is 1. The van der Waals surface area contributed by atoms with E-state index in [9.17, 15) is 4.79 Å². The van der Waals surface area contributed by atoms with Gasteiger partial charge in [0.15, 0.2) is 0 Å². The van der Waals surface area contributed by atoms with Crippen LogP contribution in [0.4, 0.5) is 0 Å². The molecule has 2 nitrogen and oxygen atoms in total. The van der Waals surface area contributed by atoms with Crippen molar-refractivity contribution in [1.82, 2.24) is 0 Å². The van der Waals surface area contributed by atoms with E-state index < -0.39 is 5.97 Å². The number of fused-ring (bicyclic) bond motifs is 2. The summed E-state index contributed by atoms with van der Waals surface area (Å²) in [6.45, 7) is 2.10. The third-order valence-corrected chi connectivity index (χ3v) is 4.46. The lowest BCUT2D eigenvalue weighted by atomic mass is 9.76. The van der Waals surface area contributed by atoms with Crippen molar-refractivity contribution in [3.05, 3.63) is 47.5 Å². The molecule has 0 radical (unpaired) electrons. The summed E-state index contributed by atoms with van der Waals surface area (Å²) in [6, 6.07) is 8.55. The van der Waals surface area contributed by atoms with E-state index in [1.165, 1.54) is 11.1 Å². The maximum absolute atomic E-state index is 11.1. The molecule has 0 aromatic heterocycles. The maximum atomic E-state index is 11.1. The van der Waals surface area contributed by atoms with Crippen molar-refractivity contribution < 1.29 is 9.90 Å². The number of allylic oxidation sites excluding steroid dienone is 2. The molecular weight excluding hydrogens is 224 g/mol. The van der Waals surface area contributed by atoms with Crippen molar-refractivity contribution in [3.63, 3.8) is 0 Å². The molecule has 2 aliphatic rings. The zero-order valence-corrected chi connectivity index (χ0v) is 10.5. The van der Waals surface area contributed by atoms with E-state index >= 15 is 0 Å². The molecule has 1 fully saturated rings. The van der Waals surface area contributed by atoms with Crippen LogP contribution in [0.15, 0.2) is 36.4 Å². The van der Waals surface area contributed by atoms with E-state index in [1.807, 2.05) is 0 Å². The Morgan fingerprint density at radius 2 is 2.11 bits per heavy atom. The molecule has 1 saturated carbocycles. The fourth-order valence-corrected chi connectivity index (χ4v) is 3.78. The number of benzene rings is 1. The minimum absolute atomic E-state index is 0.277. The first kappa shape index (κ1) is 11.5. The van der Waals surface area contributed by atoms with Gasteiger partial charge in [0.25, 0.3) is 0 Å². The quantitative estimate of drug-likeness (QED) is 0.825. The van der Waals surface area contributed by atoms with Crippen LogP contribution in [0.3, 0.4) is 0 Å². The lowest BCUT2D eigenvalue weighted by molar-refractivity contribution is -0.138. The van der Waals surface area contributed by atoms with Crippen molar-refractivity contribution in [2.45, 2.75) is 25.7 Å². The Hall–Kier alpha value is -1.57. The third-order valence-electron chi connectivity index (χ3n) is 4.46. The summed E-state index contributed by atoms with van der Waals surface area (Å²) >= 11 is 0. The van der Waals surface area contributed by atoms with E-state index in [1.54, 1.807) is 0 Å². The van der Waals surface area contributed by atoms with Gasteiger partial charge in [-0.1, -0.05) is 42.0 Å². The van der Waals surface area contributed by atoms with Gasteiger partial charge in [0.2, 0.25) is 0 Å². The molecule has 94 valence electrons. The van der Waals surface area contributed by atoms with Gasteiger partial charge in [-0.05, 0) is 42.6 Å².